The van der Waals surface area contributed by atoms with Gasteiger partial charge in [-0.05, 0) is 116 Å². The van der Waals surface area contributed by atoms with Crippen LogP contribution in [0.25, 0.3) is 0 Å². The van der Waals surface area contributed by atoms with Gasteiger partial charge in [0.25, 0.3) is 0 Å². The predicted molar refractivity (Wildman–Crippen MR) is 160 cm³/mol. The van der Waals surface area contributed by atoms with Crippen LogP contribution in [-0.4, -0.2) is 49.7 Å². The second-order valence-electron chi connectivity index (χ2n) is 13.3. The maximum atomic E-state index is 13.8. The van der Waals surface area contributed by atoms with E-state index in [1.807, 2.05) is 13.0 Å². The molecule has 0 amide bonds. The van der Waals surface area contributed by atoms with Gasteiger partial charge < -0.3 is 14.8 Å². The molecule has 230 valence electrons. The van der Waals surface area contributed by atoms with Crippen LogP contribution in [0.2, 0.25) is 0 Å². The van der Waals surface area contributed by atoms with Gasteiger partial charge in [-0.1, -0.05) is 35.7 Å². The third-order valence-corrected chi connectivity index (χ3v) is 11.3. The Bertz CT molecular complexity index is 1410. The Balaban J connectivity index is 1.48. The van der Waals surface area contributed by atoms with E-state index in [1.165, 1.54) is 54.7 Å². The maximum absolute atomic E-state index is 13.8. The first-order chi connectivity index (χ1) is 20.6. The number of ether oxygens (including phenoxy) is 1. The summed E-state index contributed by atoms with van der Waals surface area (Å²) in [6, 6.07) is 8.76. The molecule has 43 heavy (non-hydrogen) atoms. The van der Waals surface area contributed by atoms with Crippen molar-refractivity contribution in [3.63, 3.8) is 0 Å². The van der Waals surface area contributed by atoms with Gasteiger partial charge in [0.05, 0.1) is 11.1 Å². The molecule has 4 aliphatic carbocycles. The second-order valence-corrected chi connectivity index (χ2v) is 13.3. The Morgan fingerprint density at radius 2 is 1.86 bits per heavy atom. The SMILES string of the molecule is COCC(=O)[C@@]1(C#CC(F)(F)F)CC[C@H]2[C@@H]3CCC4=C/C(=N/O)CCC4=C3[C@@H](c3ccc(N4CCCCC4)cc3)C[C@@]21C. The van der Waals surface area contributed by atoms with Crippen LogP contribution in [0.5, 0.6) is 0 Å². The predicted octanol–water partition coefficient (Wildman–Crippen LogP) is 7.61. The number of hydrogen-bond acceptors (Lipinski definition) is 5. The van der Waals surface area contributed by atoms with Crippen LogP contribution in [0.3, 0.4) is 0 Å². The lowest BCUT2D eigenvalue weighted by Gasteiger charge is -2.54. The van der Waals surface area contributed by atoms with E-state index in [9.17, 15) is 23.2 Å². The van der Waals surface area contributed by atoms with Crippen LogP contribution in [0.1, 0.15) is 82.6 Å². The van der Waals surface area contributed by atoms with Crippen LogP contribution in [0.15, 0.2) is 52.2 Å². The van der Waals surface area contributed by atoms with Gasteiger partial charge in [0.2, 0.25) is 0 Å². The number of rotatable bonds is 5. The van der Waals surface area contributed by atoms with Crippen LogP contribution in [-0.2, 0) is 9.53 Å². The van der Waals surface area contributed by atoms with Crippen LogP contribution in [0.4, 0.5) is 18.9 Å². The molecule has 1 aliphatic heterocycles. The summed E-state index contributed by atoms with van der Waals surface area (Å²) >= 11 is 0. The monoisotopic (exact) mass is 594 g/mol. The highest BCUT2D eigenvalue weighted by Crippen LogP contribution is 2.69. The molecule has 2 saturated carbocycles. The lowest BCUT2D eigenvalue weighted by molar-refractivity contribution is -0.136. The first-order valence-electron chi connectivity index (χ1n) is 15.7. The average molecular weight is 595 g/mol. The van der Waals surface area contributed by atoms with Crippen molar-refractivity contribution in [3.8, 4) is 11.8 Å². The van der Waals surface area contributed by atoms with E-state index < -0.39 is 17.0 Å². The average Bonchev–Trinajstić information content (AvgIpc) is 3.32. The summed E-state index contributed by atoms with van der Waals surface area (Å²) in [5, 5.41) is 13.0. The maximum Gasteiger partial charge on any atom is 0.457 e. The zero-order chi connectivity index (χ0) is 30.4. The quantitative estimate of drug-likeness (QED) is 0.217. The van der Waals surface area contributed by atoms with Crippen molar-refractivity contribution >= 4 is 17.2 Å². The molecule has 1 saturated heterocycles. The van der Waals surface area contributed by atoms with Crippen LogP contribution >= 0.6 is 0 Å². The zero-order valence-corrected chi connectivity index (χ0v) is 25.1. The van der Waals surface area contributed by atoms with Gasteiger partial charge in [-0.3, -0.25) is 4.79 Å². The summed E-state index contributed by atoms with van der Waals surface area (Å²) in [7, 11) is 1.41. The Morgan fingerprint density at radius 3 is 2.53 bits per heavy atom. The fourth-order valence-electron chi connectivity index (χ4n) is 9.31. The van der Waals surface area contributed by atoms with E-state index in [-0.39, 0.29) is 30.1 Å². The summed E-state index contributed by atoms with van der Waals surface area (Å²) < 4.78 is 45.9. The normalized spacial score (nSPS) is 33.2. The third kappa shape index (κ3) is 5.22. The number of carbonyl (C=O) groups is 1. The third-order valence-electron chi connectivity index (χ3n) is 11.3. The van der Waals surface area contributed by atoms with E-state index in [0.717, 1.165) is 37.9 Å². The topological polar surface area (TPSA) is 62.1 Å². The summed E-state index contributed by atoms with van der Waals surface area (Å²) in [4.78, 5) is 16.2. The van der Waals surface area contributed by atoms with Crippen molar-refractivity contribution in [3.05, 3.63) is 52.6 Å². The number of oxime groups is 1. The van der Waals surface area contributed by atoms with Crippen molar-refractivity contribution in [1.82, 2.24) is 0 Å². The van der Waals surface area contributed by atoms with Crippen LogP contribution in [0, 0.1) is 34.5 Å². The van der Waals surface area contributed by atoms with Gasteiger partial charge in [0.15, 0.2) is 5.78 Å². The van der Waals surface area contributed by atoms with E-state index >= 15 is 0 Å². The number of anilines is 1. The molecular weight excluding hydrogens is 553 g/mol. The Kier molecular flexibility index (Phi) is 8.00. The van der Waals surface area contributed by atoms with E-state index in [2.05, 4.69) is 40.2 Å². The lowest BCUT2D eigenvalue weighted by Crippen LogP contribution is -2.51. The molecule has 1 heterocycles. The summed E-state index contributed by atoms with van der Waals surface area (Å²) in [5.41, 5.74) is 4.75. The van der Waals surface area contributed by atoms with Gasteiger partial charge in [0.1, 0.15) is 6.61 Å². The minimum Gasteiger partial charge on any atom is -0.411 e. The molecule has 0 unspecified atom stereocenters. The van der Waals surface area contributed by atoms with Crippen molar-refractivity contribution in [2.75, 3.05) is 31.7 Å². The van der Waals surface area contributed by atoms with Crippen molar-refractivity contribution < 1.29 is 27.9 Å². The Hall–Kier alpha value is -3.05. The minimum absolute atomic E-state index is 0.0386. The molecular formula is C35H41F3N2O3. The van der Waals surface area contributed by atoms with Crippen molar-refractivity contribution in [2.24, 2.45) is 27.8 Å². The van der Waals surface area contributed by atoms with Gasteiger partial charge in [-0.25, -0.2) is 0 Å². The summed E-state index contributed by atoms with van der Waals surface area (Å²) in [6.45, 7) is 3.87. The van der Waals surface area contributed by atoms with Crippen molar-refractivity contribution in [1.29, 1.82) is 0 Å². The highest BCUT2D eigenvalue weighted by Gasteiger charge is 2.65. The van der Waals surface area contributed by atoms with Crippen molar-refractivity contribution in [2.45, 2.75) is 83.2 Å². The molecule has 1 N–H and O–H groups in total. The standard InChI is InChI=1S/C35H41F3N2O3/c1-33-21-29(23-6-10-26(11-7-23)40-18-4-3-5-19-40)32-27-13-9-25(39-42)20-24(27)8-12-28(32)30(33)14-15-34(33,31(41)22-43-2)16-17-35(36,37)38/h6-7,10-11,20,28-30,42H,3-5,8-9,12-15,18-19,21-22H2,1-2H3/b39-25+/t28-,29+,30-,33-,34-/m0/s1. The number of benzene rings is 1. The molecule has 1 aromatic carbocycles. The number of nitrogens with zero attached hydrogens (tertiary/aromatic N) is 2. The number of allylic oxidation sites excluding steroid dienone is 4. The van der Waals surface area contributed by atoms with Gasteiger partial charge >= 0.3 is 6.18 Å². The molecule has 0 aromatic heterocycles. The summed E-state index contributed by atoms with van der Waals surface area (Å²) in [6.07, 6.45) is 5.59. The Morgan fingerprint density at radius 1 is 1.12 bits per heavy atom. The zero-order valence-electron chi connectivity index (χ0n) is 25.1. The van der Waals surface area contributed by atoms with Gasteiger partial charge in [-0.2, -0.15) is 13.2 Å². The first kappa shape index (κ1) is 30.0. The van der Waals surface area contributed by atoms with E-state index in [0.29, 0.717) is 31.4 Å². The fraction of sp³-hybridized carbons (Fsp3) is 0.600. The van der Waals surface area contributed by atoms with E-state index in [1.54, 1.807) is 0 Å². The Labute approximate surface area is 252 Å². The second kappa shape index (κ2) is 11.5. The number of piperidine rings is 1. The van der Waals surface area contributed by atoms with Gasteiger partial charge in [0, 0.05) is 37.7 Å². The highest BCUT2D eigenvalue weighted by molar-refractivity contribution is 5.97. The lowest BCUT2D eigenvalue weighted by atomic mass is 9.48. The molecule has 5 atom stereocenters. The molecule has 3 fully saturated rings. The molecule has 0 radical (unpaired) electrons. The molecule has 8 heteroatoms. The molecule has 1 aromatic rings. The molecule has 6 rings (SSSR count). The number of methoxy groups -OCH3 is 1. The smallest absolute Gasteiger partial charge is 0.411 e. The van der Waals surface area contributed by atoms with Crippen LogP contribution < -0.4 is 4.90 Å². The summed E-state index contributed by atoms with van der Waals surface area (Å²) in [5.74, 6) is 3.90. The molecule has 0 spiro atoms. The number of ketones is 1. The van der Waals surface area contributed by atoms with Gasteiger partial charge in [-0.15, -0.1) is 0 Å². The highest BCUT2D eigenvalue weighted by atomic mass is 19.4. The largest absolute Gasteiger partial charge is 0.457 e. The number of carbonyl (C=O) groups excluding carboxylic acids is 1. The first-order valence-corrected chi connectivity index (χ1v) is 15.7. The number of fused-ring (bicyclic) bond motifs is 4. The number of Topliss-reactive ketones (excluding diaryl/α,β-unsaturated/α-hetero) is 1. The van der Waals surface area contributed by atoms with E-state index in [4.69, 9.17) is 4.74 Å². The number of alkyl halides is 3. The minimum atomic E-state index is -4.68. The molecule has 0 bridgehead atoms. The fourth-order valence-corrected chi connectivity index (χ4v) is 9.31. The number of hydrogen-bond donors (Lipinski definition) is 1. The molecule has 5 nitrogen and oxygen atoms in total. The molecule has 5 aliphatic rings. The number of halogens is 3.